The van der Waals surface area contributed by atoms with Gasteiger partial charge in [-0.15, -0.1) is 0 Å². The highest BCUT2D eigenvalue weighted by Gasteiger charge is 2.12. The first-order chi connectivity index (χ1) is 13.3. The second kappa shape index (κ2) is 9.69. The normalized spacial score (nSPS) is 10.7. The number of aromatic nitrogens is 2. The van der Waals surface area contributed by atoms with Gasteiger partial charge in [0.2, 0.25) is 5.91 Å². The minimum atomic E-state index is 0.0230. The summed E-state index contributed by atoms with van der Waals surface area (Å²) in [5, 5.41) is 10.9. The van der Waals surface area contributed by atoms with Gasteiger partial charge in [-0.25, -0.2) is 0 Å². The van der Waals surface area contributed by atoms with Gasteiger partial charge in [0.15, 0.2) is 0 Å². The summed E-state index contributed by atoms with van der Waals surface area (Å²) >= 11 is 0. The molecule has 0 spiro atoms. The van der Waals surface area contributed by atoms with Crippen molar-refractivity contribution in [1.82, 2.24) is 20.4 Å². The van der Waals surface area contributed by atoms with Crippen LogP contribution in [0.3, 0.4) is 0 Å². The average molecular weight is 362 g/mol. The van der Waals surface area contributed by atoms with Gasteiger partial charge >= 0.3 is 0 Å². The second-order valence-corrected chi connectivity index (χ2v) is 6.51. The molecule has 0 unspecified atom stereocenters. The molecule has 140 valence electrons. The largest absolute Gasteiger partial charge is 0.355 e. The lowest BCUT2D eigenvalue weighted by Crippen LogP contribution is -2.33. The van der Waals surface area contributed by atoms with E-state index < -0.39 is 0 Å². The molecule has 0 radical (unpaired) electrons. The molecule has 0 aliphatic carbocycles. The van der Waals surface area contributed by atoms with Crippen LogP contribution in [-0.4, -0.2) is 28.8 Å². The molecule has 1 aromatic heterocycles. The van der Waals surface area contributed by atoms with Gasteiger partial charge in [-0.2, -0.15) is 5.10 Å². The molecule has 0 saturated heterocycles. The first-order valence-corrected chi connectivity index (χ1v) is 9.39. The van der Waals surface area contributed by atoms with Crippen LogP contribution in [-0.2, 0) is 17.9 Å². The van der Waals surface area contributed by atoms with Gasteiger partial charge in [-0.3, -0.25) is 9.48 Å². The molecular weight excluding hydrogens is 336 g/mol. The van der Waals surface area contributed by atoms with Crippen molar-refractivity contribution >= 4 is 5.91 Å². The second-order valence-electron chi connectivity index (χ2n) is 6.51. The zero-order valence-electron chi connectivity index (χ0n) is 15.7. The highest BCUT2D eigenvalue weighted by molar-refractivity contribution is 5.78. The highest BCUT2D eigenvalue weighted by Crippen LogP contribution is 2.22. The van der Waals surface area contributed by atoms with Crippen LogP contribution in [0.15, 0.2) is 66.9 Å². The van der Waals surface area contributed by atoms with Crippen molar-refractivity contribution in [2.24, 2.45) is 0 Å². The molecule has 27 heavy (non-hydrogen) atoms. The van der Waals surface area contributed by atoms with Crippen LogP contribution in [0.1, 0.15) is 24.5 Å². The Kier molecular flexibility index (Phi) is 6.77. The van der Waals surface area contributed by atoms with Gasteiger partial charge in [-0.1, -0.05) is 67.6 Å². The van der Waals surface area contributed by atoms with Crippen LogP contribution in [0, 0.1) is 0 Å². The molecule has 0 aliphatic heterocycles. The van der Waals surface area contributed by atoms with Crippen LogP contribution in [0.2, 0.25) is 0 Å². The first kappa shape index (κ1) is 18.9. The molecule has 0 aliphatic rings. The molecule has 5 heteroatoms. The van der Waals surface area contributed by atoms with Gasteiger partial charge in [0.05, 0.1) is 18.8 Å². The zero-order chi connectivity index (χ0) is 18.9. The third-order valence-electron chi connectivity index (χ3n) is 4.25. The smallest absolute Gasteiger partial charge is 0.233 e. The summed E-state index contributed by atoms with van der Waals surface area (Å²) in [5.41, 5.74) is 4.32. The molecule has 5 nitrogen and oxygen atoms in total. The van der Waals surface area contributed by atoms with E-state index in [1.165, 1.54) is 5.56 Å². The standard InChI is InChI=1S/C22H26N4O/c1-2-13-24-21(27)15-23-14-20-17-26(16-18-9-5-3-6-10-18)25-22(20)19-11-7-4-8-12-19/h3-12,17,23H,2,13-16H2,1H3,(H,24,27). The lowest BCUT2D eigenvalue weighted by Gasteiger charge is -2.06. The summed E-state index contributed by atoms with van der Waals surface area (Å²) in [7, 11) is 0. The lowest BCUT2D eigenvalue weighted by atomic mass is 10.1. The van der Waals surface area contributed by atoms with E-state index in [4.69, 9.17) is 5.10 Å². The third-order valence-corrected chi connectivity index (χ3v) is 4.25. The SMILES string of the molecule is CCCNC(=O)CNCc1cn(Cc2ccccc2)nc1-c1ccccc1. The number of rotatable bonds is 9. The average Bonchev–Trinajstić information content (AvgIpc) is 3.10. The van der Waals surface area contributed by atoms with Crippen LogP contribution < -0.4 is 10.6 Å². The van der Waals surface area contributed by atoms with Crippen molar-refractivity contribution < 1.29 is 4.79 Å². The Morgan fingerprint density at radius 1 is 1.04 bits per heavy atom. The van der Waals surface area contributed by atoms with E-state index in [2.05, 4.69) is 41.1 Å². The number of nitrogens with one attached hydrogen (secondary N) is 2. The van der Waals surface area contributed by atoms with Crippen molar-refractivity contribution in [3.63, 3.8) is 0 Å². The topological polar surface area (TPSA) is 59.0 Å². The van der Waals surface area contributed by atoms with Crippen molar-refractivity contribution in [3.8, 4) is 11.3 Å². The molecule has 0 fully saturated rings. The number of carbonyl (C=O) groups is 1. The molecule has 3 aromatic rings. The first-order valence-electron chi connectivity index (χ1n) is 9.39. The van der Waals surface area contributed by atoms with Crippen molar-refractivity contribution in [3.05, 3.63) is 78.0 Å². The zero-order valence-corrected chi connectivity index (χ0v) is 15.7. The summed E-state index contributed by atoms with van der Waals surface area (Å²) < 4.78 is 1.96. The quantitative estimate of drug-likeness (QED) is 0.614. The fourth-order valence-corrected chi connectivity index (χ4v) is 2.92. The summed E-state index contributed by atoms with van der Waals surface area (Å²) in [5.74, 6) is 0.0230. The van der Waals surface area contributed by atoms with Crippen LogP contribution in [0.4, 0.5) is 0 Å². The Bertz CT molecular complexity index is 843. The van der Waals surface area contributed by atoms with E-state index in [9.17, 15) is 4.79 Å². The number of amides is 1. The molecule has 2 N–H and O–H groups in total. The molecular formula is C22H26N4O. The lowest BCUT2D eigenvalue weighted by molar-refractivity contribution is -0.120. The number of hydrogen-bond donors (Lipinski definition) is 2. The van der Waals surface area contributed by atoms with E-state index in [-0.39, 0.29) is 5.91 Å². The van der Waals surface area contributed by atoms with Crippen molar-refractivity contribution in [2.75, 3.05) is 13.1 Å². The Labute approximate surface area is 160 Å². The summed E-state index contributed by atoms with van der Waals surface area (Å²) in [4.78, 5) is 11.8. The third kappa shape index (κ3) is 5.53. The minimum Gasteiger partial charge on any atom is -0.355 e. The van der Waals surface area contributed by atoms with Crippen molar-refractivity contribution in [2.45, 2.75) is 26.4 Å². The molecule has 0 bridgehead atoms. The molecule has 1 amide bonds. The Hall–Kier alpha value is -2.92. The Morgan fingerprint density at radius 2 is 1.74 bits per heavy atom. The number of carbonyl (C=O) groups excluding carboxylic acids is 1. The van der Waals surface area contributed by atoms with Crippen molar-refractivity contribution in [1.29, 1.82) is 0 Å². The summed E-state index contributed by atoms with van der Waals surface area (Å²) in [6, 6.07) is 20.4. The molecule has 3 rings (SSSR count). The number of hydrogen-bond acceptors (Lipinski definition) is 3. The monoisotopic (exact) mass is 362 g/mol. The van der Waals surface area contributed by atoms with Gasteiger partial charge in [0.1, 0.15) is 0 Å². The van der Waals surface area contributed by atoms with E-state index in [0.717, 1.165) is 29.8 Å². The molecule has 0 saturated carbocycles. The molecule has 2 aromatic carbocycles. The number of nitrogens with zero attached hydrogens (tertiary/aromatic N) is 2. The van der Waals surface area contributed by atoms with E-state index >= 15 is 0 Å². The molecule has 1 heterocycles. The fourth-order valence-electron chi connectivity index (χ4n) is 2.92. The van der Waals surface area contributed by atoms with Gasteiger partial charge in [-0.05, 0) is 12.0 Å². The van der Waals surface area contributed by atoms with E-state index in [0.29, 0.717) is 19.6 Å². The van der Waals surface area contributed by atoms with Crippen LogP contribution in [0.25, 0.3) is 11.3 Å². The predicted molar refractivity (Wildman–Crippen MR) is 108 cm³/mol. The van der Waals surface area contributed by atoms with Gasteiger partial charge in [0, 0.05) is 30.4 Å². The maximum absolute atomic E-state index is 11.8. The summed E-state index contributed by atoms with van der Waals surface area (Å²) in [6.45, 7) is 4.38. The highest BCUT2D eigenvalue weighted by atomic mass is 16.1. The molecule has 0 atom stereocenters. The number of benzene rings is 2. The Balaban J connectivity index is 1.73. The Morgan fingerprint density at radius 3 is 2.44 bits per heavy atom. The van der Waals surface area contributed by atoms with E-state index in [1.54, 1.807) is 0 Å². The van der Waals surface area contributed by atoms with Crippen LogP contribution >= 0.6 is 0 Å². The van der Waals surface area contributed by atoms with Gasteiger partial charge in [0.25, 0.3) is 0 Å². The maximum Gasteiger partial charge on any atom is 0.233 e. The van der Waals surface area contributed by atoms with Gasteiger partial charge < -0.3 is 10.6 Å². The minimum absolute atomic E-state index is 0.0230. The maximum atomic E-state index is 11.8. The fraction of sp³-hybridized carbons (Fsp3) is 0.273. The predicted octanol–water partition coefficient (Wildman–Crippen LogP) is 3.21. The summed E-state index contributed by atoms with van der Waals surface area (Å²) in [6.07, 6.45) is 3.00. The van der Waals surface area contributed by atoms with E-state index in [1.807, 2.05) is 48.0 Å². The van der Waals surface area contributed by atoms with Crippen LogP contribution in [0.5, 0.6) is 0 Å².